The van der Waals surface area contributed by atoms with Gasteiger partial charge in [-0.05, 0) is 28.7 Å². The highest BCUT2D eigenvalue weighted by Crippen LogP contribution is 2.33. The summed E-state index contributed by atoms with van der Waals surface area (Å²) in [5.74, 6) is 0. The predicted molar refractivity (Wildman–Crippen MR) is 57.5 cm³/mol. The standard InChI is InChI=1S/C13H12/c1-3-10-9-11-7-5-6-8-13(11)12(10)4-2/h3-8H,1-2,9H2. The quantitative estimate of drug-likeness (QED) is 0.635. The molecular weight excluding hydrogens is 156 g/mol. The average Bonchev–Trinajstić information content (AvgIpc) is 2.55. The van der Waals surface area contributed by atoms with Crippen LogP contribution in [0, 0.1) is 0 Å². The highest BCUT2D eigenvalue weighted by atomic mass is 14.2. The number of hydrogen-bond donors (Lipinski definition) is 0. The van der Waals surface area contributed by atoms with E-state index in [0.717, 1.165) is 6.42 Å². The molecule has 1 aromatic carbocycles. The Bertz CT molecular complexity index is 394. The van der Waals surface area contributed by atoms with Crippen LogP contribution in [-0.2, 0) is 6.42 Å². The van der Waals surface area contributed by atoms with Crippen molar-refractivity contribution in [2.24, 2.45) is 0 Å². The largest absolute Gasteiger partial charge is 0.0988 e. The minimum absolute atomic E-state index is 1.00. The van der Waals surface area contributed by atoms with Crippen LogP contribution in [0.1, 0.15) is 11.1 Å². The van der Waals surface area contributed by atoms with Crippen LogP contribution in [0.5, 0.6) is 0 Å². The highest BCUT2D eigenvalue weighted by molar-refractivity contribution is 5.84. The van der Waals surface area contributed by atoms with Gasteiger partial charge in [-0.25, -0.2) is 0 Å². The minimum Gasteiger partial charge on any atom is -0.0988 e. The lowest BCUT2D eigenvalue weighted by atomic mass is 10.1. The molecule has 0 heterocycles. The zero-order valence-electron chi connectivity index (χ0n) is 7.59. The molecular formula is C13H12. The van der Waals surface area contributed by atoms with Gasteiger partial charge in [0.25, 0.3) is 0 Å². The molecule has 0 radical (unpaired) electrons. The Hall–Kier alpha value is -1.56. The van der Waals surface area contributed by atoms with E-state index in [2.05, 4.69) is 37.4 Å². The Morgan fingerprint density at radius 2 is 1.85 bits per heavy atom. The molecule has 13 heavy (non-hydrogen) atoms. The summed E-state index contributed by atoms with van der Waals surface area (Å²) < 4.78 is 0. The Kier molecular flexibility index (Phi) is 1.90. The SMILES string of the molecule is C=CC1=C(C=C)c2ccccc2C1. The molecule has 0 heteroatoms. The molecule has 0 unspecified atom stereocenters. The molecule has 0 saturated carbocycles. The summed E-state index contributed by atoms with van der Waals surface area (Å²) >= 11 is 0. The van der Waals surface area contributed by atoms with E-state index >= 15 is 0 Å². The topological polar surface area (TPSA) is 0 Å². The minimum atomic E-state index is 1.00. The molecule has 0 atom stereocenters. The summed E-state index contributed by atoms with van der Waals surface area (Å²) in [5.41, 5.74) is 5.22. The van der Waals surface area contributed by atoms with Crippen molar-refractivity contribution in [3.8, 4) is 0 Å². The van der Waals surface area contributed by atoms with Crippen LogP contribution in [0.3, 0.4) is 0 Å². The van der Waals surface area contributed by atoms with Gasteiger partial charge in [-0.3, -0.25) is 0 Å². The molecule has 0 fully saturated rings. The lowest BCUT2D eigenvalue weighted by Gasteiger charge is -1.98. The van der Waals surface area contributed by atoms with Gasteiger partial charge in [-0.2, -0.15) is 0 Å². The Labute approximate surface area is 78.9 Å². The van der Waals surface area contributed by atoms with Crippen molar-refractivity contribution in [2.75, 3.05) is 0 Å². The maximum absolute atomic E-state index is 3.83. The molecule has 0 aromatic heterocycles. The van der Waals surface area contributed by atoms with Crippen molar-refractivity contribution in [3.63, 3.8) is 0 Å². The fraction of sp³-hybridized carbons (Fsp3) is 0.0769. The van der Waals surface area contributed by atoms with Gasteiger partial charge in [0, 0.05) is 0 Å². The van der Waals surface area contributed by atoms with Crippen LogP contribution >= 0.6 is 0 Å². The molecule has 64 valence electrons. The molecule has 1 aliphatic carbocycles. The normalized spacial score (nSPS) is 14.2. The Morgan fingerprint density at radius 1 is 1.08 bits per heavy atom. The number of allylic oxidation sites excluding steroid dienone is 4. The molecule has 0 spiro atoms. The van der Waals surface area contributed by atoms with E-state index in [-0.39, 0.29) is 0 Å². The molecule has 2 rings (SSSR count). The van der Waals surface area contributed by atoms with E-state index in [9.17, 15) is 0 Å². The zero-order valence-corrected chi connectivity index (χ0v) is 7.59. The van der Waals surface area contributed by atoms with Gasteiger partial charge in [0.1, 0.15) is 0 Å². The second-order valence-corrected chi connectivity index (χ2v) is 3.18. The summed E-state index contributed by atoms with van der Waals surface area (Å²) in [5, 5.41) is 0. The van der Waals surface area contributed by atoms with Gasteiger partial charge in [0.15, 0.2) is 0 Å². The summed E-state index contributed by atoms with van der Waals surface area (Å²) in [7, 11) is 0. The van der Waals surface area contributed by atoms with E-state index in [1.165, 1.54) is 22.3 Å². The smallest absolute Gasteiger partial charge is 0.00137 e. The van der Waals surface area contributed by atoms with Crippen molar-refractivity contribution in [3.05, 3.63) is 66.3 Å². The molecule has 0 saturated heterocycles. The van der Waals surface area contributed by atoms with E-state index in [0.29, 0.717) is 0 Å². The van der Waals surface area contributed by atoms with Crippen LogP contribution in [0.15, 0.2) is 55.1 Å². The van der Waals surface area contributed by atoms with E-state index in [4.69, 9.17) is 0 Å². The van der Waals surface area contributed by atoms with Gasteiger partial charge in [-0.15, -0.1) is 0 Å². The van der Waals surface area contributed by atoms with Crippen LogP contribution in [-0.4, -0.2) is 0 Å². The van der Waals surface area contributed by atoms with Crippen molar-refractivity contribution < 1.29 is 0 Å². The van der Waals surface area contributed by atoms with Gasteiger partial charge < -0.3 is 0 Å². The Morgan fingerprint density at radius 3 is 2.54 bits per heavy atom. The van der Waals surface area contributed by atoms with E-state index < -0.39 is 0 Å². The number of hydrogen-bond acceptors (Lipinski definition) is 0. The first-order valence-electron chi connectivity index (χ1n) is 4.43. The summed E-state index contributed by atoms with van der Waals surface area (Å²) in [4.78, 5) is 0. The van der Waals surface area contributed by atoms with Crippen molar-refractivity contribution >= 4 is 5.57 Å². The van der Waals surface area contributed by atoms with Gasteiger partial charge >= 0.3 is 0 Å². The van der Waals surface area contributed by atoms with E-state index in [1.807, 2.05) is 12.2 Å². The molecule has 1 aliphatic rings. The molecule has 0 amide bonds. The monoisotopic (exact) mass is 168 g/mol. The second-order valence-electron chi connectivity index (χ2n) is 3.18. The molecule has 0 bridgehead atoms. The number of fused-ring (bicyclic) bond motifs is 1. The lowest BCUT2D eigenvalue weighted by Crippen LogP contribution is -1.80. The summed E-state index contributed by atoms with van der Waals surface area (Å²) in [6.45, 7) is 7.65. The Balaban J connectivity index is 2.60. The molecule has 0 N–H and O–H groups in total. The maximum atomic E-state index is 3.83. The molecule has 0 nitrogen and oxygen atoms in total. The third kappa shape index (κ3) is 1.15. The summed E-state index contributed by atoms with van der Waals surface area (Å²) in [6.07, 6.45) is 4.85. The fourth-order valence-corrected chi connectivity index (χ4v) is 1.83. The maximum Gasteiger partial charge on any atom is -0.00137 e. The average molecular weight is 168 g/mol. The van der Waals surface area contributed by atoms with Gasteiger partial charge in [0.05, 0.1) is 0 Å². The van der Waals surface area contributed by atoms with Crippen molar-refractivity contribution in [2.45, 2.75) is 6.42 Å². The van der Waals surface area contributed by atoms with Gasteiger partial charge in [0.2, 0.25) is 0 Å². The van der Waals surface area contributed by atoms with Crippen molar-refractivity contribution in [1.82, 2.24) is 0 Å². The van der Waals surface area contributed by atoms with Crippen LogP contribution < -0.4 is 0 Å². The first kappa shape index (κ1) is 8.06. The molecule has 1 aromatic rings. The number of rotatable bonds is 2. The third-order valence-electron chi connectivity index (χ3n) is 2.48. The second kappa shape index (κ2) is 3.06. The summed E-state index contributed by atoms with van der Waals surface area (Å²) in [6, 6.07) is 8.44. The van der Waals surface area contributed by atoms with Gasteiger partial charge in [-0.1, -0.05) is 49.6 Å². The first-order chi connectivity index (χ1) is 6.36. The fourth-order valence-electron chi connectivity index (χ4n) is 1.83. The van der Waals surface area contributed by atoms with Crippen LogP contribution in [0.4, 0.5) is 0 Å². The third-order valence-corrected chi connectivity index (χ3v) is 2.48. The number of benzene rings is 1. The van der Waals surface area contributed by atoms with Crippen LogP contribution in [0.2, 0.25) is 0 Å². The van der Waals surface area contributed by atoms with E-state index in [1.54, 1.807) is 0 Å². The van der Waals surface area contributed by atoms with Crippen molar-refractivity contribution in [1.29, 1.82) is 0 Å². The zero-order chi connectivity index (χ0) is 9.26. The predicted octanol–water partition coefficient (Wildman–Crippen LogP) is 3.37. The lowest BCUT2D eigenvalue weighted by molar-refractivity contribution is 1.25. The highest BCUT2D eigenvalue weighted by Gasteiger charge is 2.15. The molecule has 0 aliphatic heterocycles. The van der Waals surface area contributed by atoms with Crippen LogP contribution in [0.25, 0.3) is 5.57 Å². The first-order valence-corrected chi connectivity index (χ1v) is 4.43.